The summed E-state index contributed by atoms with van der Waals surface area (Å²) in [5, 5.41) is 38.2. The number of sulfone groups is 1. The summed E-state index contributed by atoms with van der Waals surface area (Å²) in [5.41, 5.74) is -2.70. The van der Waals surface area contributed by atoms with Gasteiger partial charge in [0.15, 0.2) is 27.1 Å². The van der Waals surface area contributed by atoms with Crippen molar-refractivity contribution < 1.29 is 106 Å². The largest absolute Gasteiger partial charge is 0.506 e. The molecular formula is C37H34CuFN9O19S5. The number of nitrogens with zero attached hydrogens (tertiary/aromatic N) is 8. The summed E-state index contributed by atoms with van der Waals surface area (Å²) >= 11 is 0. The van der Waals surface area contributed by atoms with Gasteiger partial charge in [0.1, 0.15) is 38.3 Å². The van der Waals surface area contributed by atoms with Crippen LogP contribution in [0.15, 0.2) is 114 Å². The fraction of sp³-hybridized carbons (Fsp3) is 0.162. The number of rotatable bonds is 20. The molecule has 0 saturated carbocycles. The summed E-state index contributed by atoms with van der Waals surface area (Å²) in [5.74, 6) is -4.84. The van der Waals surface area contributed by atoms with Crippen molar-refractivity contribution in [3.05, 3.63) is 84.9 Å². The average Bonchev–Trinajstić information content (AvgIpc) is 3.26. The zero-order valence-electron chi connectivity index (χ0n) is 36.1. The van der Waals surface area contributed by atoms with Crippen molar-refractivity contribution in [2.24, 2.45) is 20.5 Å². The maximum atomic E-state index is 15.2. The number of azo groups is 2. The Hall–Kier alpha value is -6.63. The minimum absolute atomic E-state index is 0. The fourth-order valence-corrected chi connectivity index (χ4v) is 9.62. The predicted octanol–water partition coefficient (Wildman–Crippen LogP) is 5.28. The molecular weight excluding hydrogens is 1120 g/mol. The number of halogens is 1. The molecule has 6 rings (SSSR count). The van der Waals surface area contributed by atoms with Crippen LogP contribution in [0.4, 0.5) is 50.4 Å². The van der Waals surface area contributed by atoms with E-state index in [4.69, 9.17) is 14.0 Å². The van der Waals surface area contributed by atoms with Crippen molar-refractivity contribution in [2.45, 2.75) is 14.7 Å². The van der Waals surface area contributed by atoms with Crippen molar-refractivity contribution in [3.8, 4) is 23.0 Å². The second-order valence-electron chi connectivity index (χ2n) is 14.0. The van der Waals surface area contributed by atoms with Gasteiger partial charge in [0.2, 0.25) is 11.9 Å². The molecule has 1 heterocycles. The third-order valence-corrected chi connectivity index (χ3v) is 14.1. The number of para-hydroxylation sites is 1. The number of methoxy groups -OCH3 is 2. The number of benzene rings is 5. The minimum Gasteiger partial charge on any atom is -0.506 e. The maximum Gasteiger partial charge on any atom is 0.397 e. The first-order valence-corrected chi connectivity index (χ1v) is 26.6. The molecule has 0 bridgehead atoms. The van der Waals surface area contributed by atoms with Crippen LogP contribution in [0.2, 0.25) is 0 Å². The minimum atomic E-state index is -5.54. The van der Waals surface area contributed by atoms with E-state index < -0.39 is 147 Å². The van der Waals surface area contributed by atoms with Crippen LogP contribution >= 0.6 is 0 Å². The van der Waals surface area contributed by atoms with Gasteiger partial charge in [-0.2, -0.15) is 53.0 Å². The standard InChI is InChI=1S/C37H34FN9O19S5.Cu/c1-64-29-18-25(43-45-27-16-21(68(52,53)54)8-11-28(27)48)26(19-30(29)65-2)44-46-32-31(69(55,56)57)17-23-22(33(32)49)9-10-24(34(23)70(58,59)60)39-36-40-35(38)41-37(42-36)47(20-6-4-3-5-7-20)12-14-67(50,51)15-13-66-71(61,62)63;/h3-11,16-19,48-49H,12-15H2,1-2H3,(H,52,53,54)(H,55,56,57)(H,58,59,60)(H,61,62,63)(H,39,40,41,42);. The number of phenols is 2. The third kappa shape index (κ3) is 13.9. The summed E-state index contributed by atoms with van der Waals surface area (Å²) in [7, 11) is -22.5. The molecule has 0 aliphatic rings. The predicted molar refractivity (Wildman–Crippen MR) is 244 cm³/mol. The number of hydrogen-bond acceptors (Lipinski definition) is 24. The van der Waals surface area contributed by atoms with Gasteiger partial charge < -0.3 is 29.9 Å². The van der Waals surface area contributed by atoms with Gasteiger partial charge >= 0.3 is 16.5 Å². The van der Waals surface area contributed by atoms with Gasteiger partial charge in [-0.05, 0) is 48.5 Å². The normalized spacial score (nSPS) is 12.5. The Morgan fingerprint density at radius 2 is 1.28 bits per heavy atom. The van der Waals surface area contributed by atoms with Crippen molar-refractivity contribution in [2.75, 3.05) is 49.1 Å². The topological polar surface area (TPSA) is 423 Å². The van der Waals surface area contributed by atoms with E-state index in [1.165, 1.54) is 38.5 Å². The molecule has 72 heavy (non-hydrogen) atoms. The first kappa shape index (κ1) is 56.3. The number of nitrogens with one attached hydrogen (secondary N) is 1. The van der Waals surface area contributed by atoms with E-state index in [0.29, 0.717) is 6.07 Å². The Labute approximate surface area is 417 Å². The van der Waals surface area contributed by atoms with E-state index in [1.807, 2.05) is 0 Å². The van der Waals surface area contributed by atoms with Crippen LogP contribution in [-0.2, 0) is 71.8 Å². The number of ether oxygens (including phenoxy) is 2. The van der Waals surface area contributed by atoms with Gasteiger partial charge in [-0.3, -0.25) is 18.2 Å². The zero-order chi connectivity index (χ0) is 52.3. The molecule has 0 atom stereocenters. The zero-order valence-corrected chi connectivity index (χ0v) is 41.1. The molecule has 28 nitrogen and oxygen atoms in total. The van der Waals surface area contributed by atoms with Crippen LogP contribution in [0.5, 0.6) is 23.0 Å². The van der Waals surface area contributed by atoms with E-state index >= 15 is 4.39 Å². The van der Waals surface area contributed by atoms with E-state index in [9.17, 15) is 66.0 Å². The summed E-state index contributed by atoms with van der Waals surface area (Å²) in [6.07, 6.45) is -1.53. The molecule has 1 aromatic heterocycles. The van der Waals surface area contributed by atoms with E-state index in [2.05, 4.69) is 44.9 Å². The number of aromatic hydroxyl groups is 2. The molecule has 1 radical (unpaired) electrons. The first-order chi connectivity index (χ1) is 33.1. The molecule has 0 spiro atoms. The van der Waals surface area contributed by atoms with Gasteiger partial charge in [-0.15, -0.1) is 20.5 Å². The van der Waals surface area contributed by atoms with Crippen molar-refractivity contribution in [3.63, 3.8) is 0 Å². The molecule has 35 heteroatoms. The monoisotopic (exact) mass is 1150 g/mol. The van der Waals surface area contributed by atoms with Crippen LogP contribution in [-0.4, -0.2) is 124 Å². The average molecular weight is 1150 g/mol. The Balaban J connectivity index is 0.00000963. The summed E-state index contributed by atoms with van der Waals surface area (Å²) in [4.78, 5) is 9.08. The molecule has 0 fully saturated rings. The Bertz CT molecular complexity index is 3710. The number of fused-ring (bicyclic) bond motifs is 1. The van der Waals surface area contributed by atoms with E-state index in [-0.39, 0.29) is 45.6 Å². The molecule has 6 aromatic rings. The third-order valence-electron chi connectivity index (χ3n) is 9.37. The van der Waals surface area contributed by atoms with Gasteiger partial charge in [0, 0.05) is 52.2 Å². The second-order valence-corrected chi connectivity index (χ2v) is 21.6. The van der Waals surface area contributed by atoms with Gasteiger partial charge in [0.25, 0.3) is 30.4 Å². The molecule has 0 aliphatic heterocycles. The van der Waals surface area contributed by atoms with Gasteiger partial charge in [-0.25, -0.2) is 12.6 Å². The SMILES string of the molecule is COc1cc(N=Nc2cc(S(=O)(=O)O)ccc2O)c(N=Nc2c(S(=O)(=O)O)cc3c(S(=O)(=O)O)c(Nc4nc(F)nc(N(CCS(=O)(=O)CCOS(=O)(=O)O)c5ccccc5)n4)ccc3c2O)cc1OC.[Cu]. The Morgan fingerprint density at radius 1 is 0.667 bits per heavy atom. The maximum absolute atomic E-state index is 15.2. The summed E-state index contributed by atoms with van der Waals surface area (Å²) in [6.45, 7) is -1.47. The number of phenolic OH excluding ortho intramolecular Hbond substituents is 2. The molecule has 389 valence electrons. The van der Waals surface area contributed by atoms with Crippen LogP contribution in [0, 0.1) is 6.08 Å². The molecule has 0 aliphatic carbocycles. The number of hydrogen-bond donors (Lipinski definition) is 7. The van der Waals surface area contributed by atoms with Crippen molar-refractivity contribution in [1.82, 2.24) is 15.0 Å². The summed E-state index contributed by atoms with van der Waals surface area (Å²) < 4.78 is 192. The Kier molecular flexibility index (Phi) is 17.2. The number of aromatic nitrogens is 3. The summed E-state index contributed by atoms with van der Waals surface area (Å²) in [6, 6.07) is 14.6. The van der Waals surface area contributed by atoms with Crippen LogP contribution in [0.25, 0.3) is 10.8 Å². The van der Waals surface area contributed by atoms with Crippen LogP contribution in [0.3, 0.4) is 0 Å². The van der Waals surface area contributed by atoms with Gasteiger partial charge in [0.05, 0.1) is 42.9 Å². The van der Waals surface area contributed by atoms with Crippen molar-refractivity contribution in [1.29, 1.82) is 0 Å². The molecule has 7 N–H and O–H groups in total. The quantitative estimate of drug-likeness (QED) is 0.0290. The molecule has 0 unspecified atom stereocenters. The molecule has 0 saturated heterocycles. The number of anilines is 4. The first-order valence-electron chi connectivity index (χ1n) is 19.1. The van der Waals surface area contributed by atoms with Gasteiger partial charge in [-0.1, -0.05) is 18.2 Å². The van der Waals surface area contributed by atoms with Crippen LogP contribution < -0.4 is 19.7 Å². The van der Waals surface area contributed by atoms with E-state index in [1.54, 1.807) is 6.07 Å². The second kappa shape index (κ2) is 22.0. The Morgan fingerprint density at radius 3 is 1.85 bits per heavy atom. The van der Waals surface area contributed by atoms with Crippen LogP contribution in [0.1, 0.15) is 0 Å². The fourth-order valence-electron chi connectivity index (χ4n) is 6.22. The molecule has 0 amide bonds. The molecule has 5 aromatic carbocycles. The smallest absolute Gasteiger partial charge is 0.397 e. The van der Waals surface area contributed by atoms with E-state index in [0.717, 1.165) is 47.4 Å². The van der Waals surface area contributed by atoms with Crippen molar-refractivity contribution >= 4 is 107 Å².